The molecule has 1 aromatic rings. The lowest BCUT2D eigenvalue weighted by molar-refractivity contribution is 0.0526. The zero-order valence-corrected chi connectivity index (χ0v) is 13.4. The summed E-state index contributed by atoms with van der Waals surface area (Å²) in [4.78, 5) is 11.8. The van der Waals surface area contributed by atoms with Gasteiger partial charge in [0.05, 0.1) is 23.5 Å². The molecule has 118 valence electrons. The van der Waals surface area contributed by atoms with Crippen molar-refractivity contribution in [2.45, 2.75) is 46.5 Å². The average Bonchev–Trinajstić information content (AvgIpc) is 2.49. The van der Waals surface area contributed by atoms with E-state index >= 15 is 0 Å². The van der Waals surface area contributed by atoms with Crippen molar-refractivity contribution in [1.29, 1.82) is 0 Å². The first-order chi connectivity index (χ1) is 10.1. The number of esters is 1. The lowest BCUT2D eigenvalue weighted by Gasteiger charge is -2.17. The van der Waals surface area contributed by atoms with Gasteiger partial charge in [-0.05, 0) is 37.5 Å². The minimum atomic E-state index is -0.307. The smallest absolute Gasteiger partial charge is 0.338 e. The van der Waals surface area contributed by atoms with Crippen molar-refractivity contribution < 1.29 is 9.53 Å². The van der Waals surface area contributed by atoms with Crippen LogP contribution in [0.2, 0.25) is 0 Å². The van der Waals surface area contributed by atoms with Crippen LogP contribution in [0, 0.1) is 5.92 Å². The summed E-state index contributed by atoms with van der Waals surface area (Å²) in [6.45, 7) is 7.48. The Morgan fingerprint density at radius 2 is 2.10 bits per heavy atom. The summed E-state index contributed by atoms with van der Waals surface area (Å²) in [6, 6.07) is 5.23. The van der Waals surface area contributed by atoms with Gasteiger partial charge in [0.2, 0.25) is 0 Å². The van der Waals surface area contributed by atoms with E-state index in [9.17, 15) is 4.79 Å². The molecule has 0 spiro atoms. The highest BCUT2D eigenvalue weighted by Crippen LogP contribution is 2.22. The van der Waals surface area contributed by atoms with Crippen molar-refractivity contribution in [3.63, 3.8) is 0 Å². The van der Waals surface area contributed by atoms with E-state index in [1.54, 1.807) is 25.1 Å². The van der Waals surface area contributed by atoms with Crippen molar-refractivity contribution in [2.24, 2.45) is 5.92 Å². The third-order valence-corrected chi connectivity index (χ3v) is 3.69. The van der Waals surface area contributed by atoms with E-state index in [1.807, 2.05) is 0 Å². The molecule has 0 aromatic heterocycles. The summed E-state index contributed by atoms with van der Waals surface area (Å²) in [6.07, 6.45) is 4.83. The molecule has 0 saturated carbocycles. The molecule has 3 N–H and O–H groups in total. The first-order valence-corrected chi connectivity index (χ1v) is 7.92. The molecule has 0 fully saturated rings. The maximum atomic E-state index is 11.8. The maximum Gasteiger partial charge on any atom is 0.338 e. The summed E-state index contributed by atoms with van der Waals surface area (Å²) >= 11 is 0. The summed E-state index contributed by atoms with van der Waals surface area (Å²) < 4.78 is 5.02. The molecule has 1 atom stereocenters. The zero-order chi connectivity index (χ0) is 15.7. The number of ether oxygens (including phenoxy) is 1. The van der Waals surface area contributed by atoms with Gasteiger partial charge in [0.1, 0.15) is 0 Å². The van der Waals surface area contributed by atoms with Crippen LogP contribution >= 0.6 is 0 Å². The zero-order valence-electron chi connectivity index (χ0n) is 13.4. The number of nitrogens with two attached hydrogens (primary N) is 1. The standard InChI is InChI=1S/C17H28N2O2/c1-4-7-8-13(5-2)12-19-16-11-14(9-10-15(16)18)17(20)21-6-3/h9-11,13,19H,4-8,12,18H2,1-3H3. The number of carbonyl (C=O) groups is 1. The molecule has 0 bridgehead atoms. The van der Waals surface area contributed by atoms with Gasteiger partial charge < -0.3 is 15.8 Å². The second-order valence-electron chi connectivity index (χ2n) is 5.32. The predicted molar refractivity (Wildman–Crippen MR) is 88.6 cm³/mol. The topological polar surface area (TPSA) is 64.3 Å². The molecule has 0 saturated heterocycles. The van der Waals surface area contributed by atoms with Gasteiger partial charge in [-0.2, -0.15) is 0 Å². The first kappa shape index (κ1) is 17.3. The second-order valence-corrected chi connectivity index (χ2v) is 5.32. The molecule has 1 rings (SSSR count). The number of hydrogen-bond acceptors (Lipinski definition) is 4. The number of hydrogen-bond donors (Lipinski definition) is 2. The van der Waals surface area contributed by atoms with Gasteiger partial charge in [0.25, 0.3) is 0 Å². The number of nitrogens with one attached hydrogen (secondary N) is 1. The van der Waals surface area contributed by atoms with Gasteiger partial charge in [-0.15, -0.1) is 0 Å². The van der Waals surface area contributed by atoms with Crippen molar-refractivity contribution >= 4 is 17.3 Å². The second kappa shape index (κ2) is 9.27. The van der Waals surface area contributed by atoms with Crippen LogP contribution in [0.25, 0.3) is 0 Å². The van der Waals surface area contributed by atoms with Gasteiger partial charge in [-0.1, -0.05) is 33.1 Å². The highest BCUT2D eigenvalue weighted by atomic mass is 16.5. The Labute approximate surface area is 128 Å². The van der Waals surface area contributed by atoms with Gasteiger partial charge in [0.15, 0.2) is 0 Å². The van der Waals surface area contributed by atoms with Crippen LogP contribution in [0.3, 0.4) is 0 Å². The van der Waals surface area contributed by atoms with Gasteiger partial charge in [0, 0.05) is 6.54 Å². The Morgan fingerprint density at radius 1 is 1.33 bits per heavy atom. The quantitative estimate of drug-likeness (QED) is 0.532. The van der Waals surface area contributed by atoms with Crippen molar-refractivity contribution in [3.05, 3.63) is 23.8 Å². The van der Waals surface area contributed by atoms with Crippen molar-refractivity contribution in [3.8, 4) is 0 Å². The summed E-state index contributed by atoms with van der Waals surface area (Å²) in [7, 11) is 0. The third kappa shape index (κ3) is 5.66. The number of rotatable bonds is 9. The number of nitrogen functional groups attached to an aromatic ring is 1. The van der Waals surface area contributed by atoms with E-state index in [0.29, 0.717) is 23.8 Å². The van der Waals surface area contributed by atoms with Crippen LogP contribution in [0.4, 0.5) is 11.4 Å². The van der Waals surface area contributed by atoms with E-state index in [0.717, 1.165) is 18.7 Å². The Morgan fingerprint density at radius 3 is 2.71 bits per heavy atom. The summed E-state index contributed by atoms with van der Waals surface area (Å²) in [5.41, 5.74) is 7.99. The largest absolute Gasteiger partial charge is 0.462 e. The molecule has 0 radical (unpaired) electrons. The maximum absolute atomic E-state index is 11.8. The Bertz CT molecular complexity index is 446. The minimum absolute atomic E-state index is 0.307. The van der Waals surface area contributed by atoms with Gasteiger partial charge in [-0.25, -0.2) is 4.79 Å². The van der Waals surface area contributed by atoms with Crippen LogP contribution in [-0.2, 0) is 4.74 Å². The summed E-state index contributed by atoms with van der Waals surface area (Å²) in [5, 5.41) is 3.38. The lowest BCUT2D eigenvalue weighted by atomic mass is 9.99. The number of anilines is 2. The van der Waals surface area contributed by atoms with Crippen LogP contribution in [0.15, 0.2) is 18.2 Å². The number of benzene rings is 1. The van der Waals surface area contributed by atoms with E-state index in [1.165, 1.54) is 19.3 Å². The molecule has 0 heterocycles. The molecule has 4 nitrogen and oxygen atoms in total. The van der Waals surface area contributed by atoms with Crippen molar-refractivity contribution in [2.75, 3.05) is 24.2 Å². The van der Waals surface area contributed by atoms with E-state index in [-0.39, 0.29) is 5.97 Å². The Hall–Kier alpha value is -1.71. The molecular formula is C17H28N2O2. The van der Waals surface area contributed by atoms with Crippen molar-refractivity contribution in [1.82, 2.24) is 0 Å². The SMILES string of the molecule is CCCCC(CC)CNc1cc(C(=O)OCC)ccc1N. The average molecular weight is 292 g/mol. The van der Waals surface area contributed by atoms with Crippen LogP contribution in [-0.4, -0.2) is 19.1 Å². The molecule has 21 heavy (non-hydrogen) atoms. The van der Waals surface area contributed by atoms with E-state index < -0.39 is 0 Å². The molecule has 0 aliphatic heterocycles. The van der Waals surface area contributed by atoms with E-state index in [2.05, 4.69) is 19.2 Å². The molecule has 1 aromatic carbocycles. The molecule has 0 aliphatic rings. The van der Waals surface area contributed by atoms with Crippen LogP contribution in [0.1, 0.15) is 56.8 Å². The van der Waals surface area contributed by atoms with Crippen LogP contribution in [0.5, 0.6) is 0 Å². The number of carbonyl (C=O) groups excluding carboxylic acids is 1. The predicted octanol–water partition coefficient (Wildman–Crippen LogP) is 4.07. The third-order valence-electron chi connectivity index (χ3n) is 3.69. The van der Waals surface area contributed by atoms with Gasteiger partial charge in [-0.3, -0.25) is 0 Å². The van der Waals surface area contributed by atoms with E-state index in [4.69, 9.17) is 10.5 Å². The normalized spacial score (nSPS) is 12.0. The highest BCUT2D eigenvalue weighted by molar-refractivity contribution is 5.92. The molecule has 0 amide bonds. The monoisotopic (exact) mass is 292 g/mol. The fourth-order valence-electron chi connectivity index (χ4n) is 2.25. The molecule has 0 aliphatic carbocycles. The first-order valence-electron chi connectivity index (χ1n) is 7.92. The number of unbranched alkanes of at least 4 members (excludes halogenated alkanes) is 1. The lowest BCUT2D eigenvalue weighted by Crippen LogP contribution is -2.15. The Kier molecular flexibility index (Phi) is 7.65. The van der Waals surface area contributed by atoms with Gasteiger partial charge >= 0.3 is 5.97 Å². The molecule has 1 unspecified atom stereocenters. The Balaban J connectivity index is 2.68. The summed E-state index contributed by atoms with van der Waals surface area (Å²) in [5.74, 6) is 0.328. The highest BCUT2D eigenvalue weighted by Gasteiger charge is 2.11. The molecule has 4 heteroatoms. The fourth-order valence-corrected chi connectivity index (χ4v) is 2.25. The fraction of sp³-hybridized carbons (Fsp3) is 0.588. The molecular weight excluding hydrogens is 264 g/mol. The van der Waals surface area contributed by atoms with Crippen LogP contribution < -0.4 is 11.1 Å². The minimum Gasteiger partial charge on any atom is -0.462 e.